The summed E-state index contributed by atoms with van der Waals surface area (Å²) in [5.74, 6) is 1.32. The van der Waals surface area contributed by atoms with E-state index in [2.05, 4.69) is 50.1 Å². The molecule has 0 atom stereocenters. The predicted octanol–water partition coefficient (Wildman–Crippen LogP) is 2.76. The monoisotopic (exact) mass is 488 g/mol. The number of carbonyl (C=O) groups excluding carboxylic acids is 1. The number of anilines is 4. The van der Waals surface area contributed by atoms with Gasteiger partial charge in [-0.3, -0.25) is 4.79 Å². The Morgan fingerprint density at radius 2 is 1.37 bits per heavy atom. The number of hydrogen-bond acceptors (Lipinski definition) is 10. The maximum atomic E-state index is 12.4. The molecule has 11 nitrogen and oxygen atoms in total. The predicted molar refractivity (Wildman–Crippen MR) is 139 cm³/mol. The molecule has 0 spiro atoms. The minimum absolute atomic E-state index is 0.162. The summed E-state index contributed by atoms with van der Waals surface area (Å²) in [6, 6.07) is 7.14. The second kappa shape index (κ2) is 17.4. The second-order valence-electron chi connectivity index (χ2n) is 7.84. The van der Waals surface area contributed by atoms with Crippen molar-refractivity contribution in [1.29, 1.82) is 0 Å². The Labute approximate surface area is 208 Å². The minimum Gasteiger partial charge on any atom is -0.378 e. The Morgan fingerprint density at radius 1 is 0.800 bits per heavy atom. The third-order valence-electron chi connectivity index (χ3n) is 4.83. The van der Waals surface area contributed by atoms with Gasteiger partial charge in [-0.05, 0) is 37.1 Å². The first kappa shape index (κ1) is 28.2. The molecule has 0 aliphatic carbocycles. The Balaban J connectivity index is 1.87. The zero-order valence-corrected chi connectivity index (χ0v) is 20.9. The second-order valence-corrected chi connectivity index (χ2v) is 7.84. The molecule has 0 aliphatic rings. The first-order chi connectivity index (χ1) is 17.2. The number of unbranched alkanes of at least 4 members (excludes halogenated alkanes) is 2. The number of amides is 1. The molecule has 1 aromatic carbocycles. The van der Waals surface area contributed by atoms with Crippen LogP contribution in [0.5, 0.6) is 0 Å². The topological polar surface area (TPSA) is 148 Å². The van der Waals surface area contributed by atoms with Gasteiger partial charge in [0.25, 0.3) is 5.91 Å². The number of aromatic nitrogens is 3. The fourth-order valence-electron chi connectivity index (χ4n) is 2.92. The number of carbonyl (C=O) groups is 1. The lowest BCUT2D eigenvalue weighted by Crippen LogP contribution is -2.27. The van der Waals surface area contributed by atoms with Crippen LogP contribution < -0.4 is 27.0 Å². The van der Waals surface area contributed by atoms with Crippen LogP contribution >= 0.6 is 0 Å². The van der Waals surface area contributed by atoms with E-state index < -0.39 is 0 Å². The van der Waals surface area contributed by atoms with Crippen LogP contribution in [0, 0.1) is 0 Å². The first-order valence-corrected chi connectivity index (χ1v) is 12.4. The number of ether oxygens (including phenoxy) is 2. The molecule has 6 N–H and O–H groups in total. The highest BCUT2D eigenvalue weighted by Gasteiger charge is 2.09. The molecule has 0 radical (unpaired) electrons. The fourth-order valence-corrected chi connectivity index (χ4v) is 2.92. The smallest absolute Gasteiger partial charge is 0.251 e. The van der Waals surface area contributed by atoms with Crippen LogP contribution in [0.15, 0.2) is 24.3 Å². The molecule has 0 aliphatic heterocycles. The maximum absolute atomic E-state index is 12.4. The Kier molecular flexibility index (Phi) is 14.0. The summed E-state index contributed by atoms with van der Waals surface area (Å²) < 4.78 is 10.6. The standard InChI is InChI=1S/C24H40N8O3/c1-3-5-12-27-22-30-23(28-13-6-4-2)32-24(31-22)29-20-9-7-19(8-10-20)21(33)26-14-16-35-18-17-34-15-11-25/h7-10H,3-6,11-18,25H2,1-2H3,(H,26,33)(H3,27,28,29,30,31,32). The molecule has 0 fully saturated rings. The molecule has 0 saturated carbocycles. The van der Waals surface area contributed by atoms with Crippen LogP contribution in [0.3, 0.4) is 0 Å². The van der Waals surface area contributed by atoms with Crippen LogP contribution in [0.4, 0.5) is 23.5 Å². The summed E-state index contributed by atoms with van der Waals surface area (Å²) >= 11 is 0. The SMILES string of the molecule is CCCCNc1nc(NCCCC)nc(Nc2ccc(C(=O)NCCOCCOCCN)cc2)n1. The largest absolute Gasteiger partial charge is 0.378 e. The Morgan fingerprint density at radius 3 is 1.94 bits per heavy atom. The molecule has 2 aromatic rings. The van der Waals surface area contributed by atoms with E-state index in [1.807, 2.05) is 12.1 Å². The van der Waals surface area contributed by atoms with Gasteiger partial charge in [-0.25, -0.2) is 0 Å². The average Bonchev–Trinajstić information content (AvgIpc) is 2.86. The van der Waals surface area contributed by atoms with Gasteiger partial charge in [-0.15, -0.1) is 0 Å². The van der Waals surface area contributed by atoms with Crippen molar-refractivity contribution in [1.82, 2.24) is 20.3 Å². The summed E-state index contributed by atoms with van der Waals surface area (Å²) in [6.45, 7) is 8.68. The van der Waals surface area contributed by atoms with Gasteiger partial charge in [0, 0.05) is 37.4 Å². The number of hydrogen-bond donors (Lipinski definition) is 5. The fraction of sp³-hybridized carbons (Fsp3) is 0.583. The van der Waals surface area contributed by atoms with Crippen LogP contribution in [0.1, 0.15) is 49.9 Å². The molecular weight excluding hydrogens is 448 g/mol. The molecule has 1 heterocycles. The normalized spacial score (nSPS) is 10.7. The average molecular weight is 489 g/mol. The zero-order valence-electron chi connectivity index (χ0n) is 20.9. The van der Waals surface area contributed by atoms with Gasteiger partial charge in [-0.2, -0.15) is 15.0 Å². The minimum atomic E-state index is -0.162. The van der Waals surface area contributed by atoms with Gasteiger partial charge in [0.1, 0.15) is 0 Å². The summed E-state index contributed by atoms with van der Waals surface area (Å²) in [5, 5.41) is 12.5. The van der Waals surface area contributed by atoms with Crippen molar-refractivity contribution >= 4 is 29.4 Å². The molecule has 11 heteroatoms. The highest BCUT2D eigenvalue weighted by Crippen LogP contribution is 2.17. The van der Waals surface area contributed by atoms with E-state index >= 15 is 0 Å². The van der Waals surface area contributed by atoms with Crippen LogP contribution in [-0.4, -0.2) is 73.5 Å². The van der Waals surface area contributed by atoms with E-state index in [0.29, 0.717) is 62.9 Å². The number of nitrogens with zero attached hydrogens (tertiary/aromatic N) is 3. The van der Waals surface area contributed by atoms with E-state index in [9.17, 15) is 4.79 Å². The quantitative estimate of drug-likeness (QED) is 0.187. The van der Waals surface area contributed by atoms with Gasteiger partial charge >= 0.3 is 0 Å². The third kappa shape index (κ3) is 11.8. The van der Waals surface area contributed by atoms with Crippen molar-refractivity contribution in [2.45, 2.75) is 39.5 Å². The molecule has 0 unspecified atom stereocenters. The zero-order chi connectivity index (χ0) is 25.1. The molecule has 35 heavy (non-hydrogen) atoms. The number of nitrogens with one attached hydrogen (secondary N) is 4. The number of benzene rings is 1. The van der Waals surface area contributed by atoms with E-state index in [4.69, 9.17) is 15.2 Å². The van der Waals surface area contributed by atoms with Crippen molar-refractivity contribution in [3.63, 3.8) is 0 Å². The molecule has 0 bridgehead atoms. The molecule has 194 valence electrons. The lowest BCUT2D eigenvalue weighted by atomic mass is 10.2. The van der Waals surface area contributed by atoms with Crippen LogP contribution in [0.2, 0.25) is 0 Å². The highest BCUT2D eigenvalue weighted by atomic mass is 16.5. The third-order valence-corrected chi connectivity index (χ3v) is 4.83. The number of nitrogens with two attached hydrogens (primary N) is 1. The molecule has 1 aromatic heterocycles. The van der Waals surface area contributed by atoms with Crippen molar-refractivity contribution in [3.05, 3.63) is 29.8 Å². The van der Waals surface area contributed by atoms with Crippen molar-refractivity contribution in [3.8, 4) is 0 Å². The van der Waals surface area contributed by atoms with Gasteiger partial charge in [0.15, 0.2) is 0 Å². The summed E-state index contributed by atoms with van der Waals surface area (Å²) in [5.41, 5.74) is 6.68. The Bertz CT molecular complexity index is 823. The number of rotatable bonds is 19. The summed E-state index contributed by atoms with van der Waals surface area (Å²) in [6.07, 6.45) is 4.24. The van der Waals surface area contributed by atoms with E-state index in [1.165, 1.54) is 0 Å². The van der Waals surface area contributed by atoms with Crippen LogP contribution in [-0.2, 0) is 9.47 Å². The molecular formula is C24H40N8O3. The summed E-state index contributed by atoms with van der Waals surface area (Å²) in [7, 11) is 0. The van der Waals surface area contributed by atoms with Crippen molar-refractivity contribution < 1.29 is 14.3 Å². The van der Waals surface area contributed by atoms with E-state index in [-0.39, 0.29) is 5.91 Å². The highest BCUT2D eigenvalue weighted by molar-refractivity contribution is 5.94. The maximum Gasteiger partial charge on any atom is 0.251 e. The van der Waals surface area contributed by atoms with Gasteiger partial charge in [0.2, 0.25) is 17.8 Å². The lowest BCUT2D eigenvalue weighted by molar-refractivity contribution is 0.0511. The van der Waals surface area contributed by atoms with E-state index in [0.717, 1.165) is 44.5 Å². The van der Waals surface area contributed by atoms with Gasteiger partial charge in [0.05, 0.1) is 26.4 Å². The molecule has 2 rings (SSSR count). The van der Waals surface area contributed by atoms with Crippen molar-refractivity contribution in [2.24, 2.45) is 5.73 Å². The first-order valence-electron chi connectivity index (χ1n) is 12.4. The Hall–Kier alpha value is -3.02. The van der Waals surface area contributed by atoms with Gasteiger partial charge in [-0.1, -0.05) is 26.7 Å². The van der Waals surface area contributed by atoms with E-state index in [1.54, 1.807) is 12.1 Å². The summed E-state index contributed by atoms with van der Waals surface area (Å²) in [4.78, 5) is 25.8. The lowest BCUT2D eigenvalue weighted by Gasteiger charge is -2.11. The van der Waals surface area contributed by atoms with Crippen LogP contribution in [0.25, 0.3) is 0 Å². The van der Waals surface area contributed by atoms with Crippen molar-refractivity contribution in [2.75, 3.05) is 68.6 Å². The van der Waals surface area contributed by atoms with Gasteiger partial charge < -0.3 is 36.5 Å². The molecule has 0 saturated heterocycles. The molecule has 1 amide bonds.